The smallest absolute Gasteiger partial charge is 0.255 e. The van der Waals surface area contributed by atoms with E-state index in [9.17, 15) is 9.59 Å². The maximum Gasteiger partial charge on any atom is 0.255 e. The van der Waals surface area contributed by atoms with Crippen LogP contribution in [0.4, 0.5) is 11.4 Å². The number of benzene rings is 2. The Balaban J connectivity index is 1.64. The van der Waals surface area contributed by atoms with Crippen molar-refractivity contribution < 1.29 is 9.59 Å². The minimum Gasteiger partial charge on any atom is -0.322 e. The number of nitrogens with one attached hydrogen (secondary N) is 2. The number of amides is 2. The third kappa shape index (κ3) is 4.89. The average molecular weight is 348 g/mol. The van der Waals surface area contributed by atoms with Gasteiger partial charge in [0.05, 0.1) is 0 Å². The molecule has 3 aromatic rings. The molecule has 0 unspecified atom stereocenters. The highest BCUT2D eigenvalue weighted by molar-refractivity contribution is 7.10. The topological polar surface area (TPSA) is 58.2 Å². The first-order valence-corrected chi connectivity index (χ1v) is 8.58. The summed E-state index contributed by atoms with van der Waals surface area (Å²) in [5.41, 5.74) is 1.77. The summed E-state index contributed by atoms with van der Waals surface area (Å²) in [7, 11) is 0. The zero-order valence-electron chi connectivity index (χ0n) is 13.3. The maximum atomic E-state index is 12.3. The number of hydrogen-bond donors (Lipinski definition) is 2. The number of carbonyl (C=O) groups excluding carboxylic acids is 2. The molecule has 0 fully saturated rings. The second-order valence-electron chi connectivity index (χ2n) is 5.24. The van der Waals surface area contributed by atoms with Gasteiger partial charge in [0.1, 0.15) is 0 Å². The highest BCUT2D eigenvalue weighted by Crippen LogP contribution is 2.14. The molecule has 2 N–H and O–H groups in total. The Morgan fingerprint density at radius 2 is 1.64 bits per heavy atom. The molecular weight excluding hydrogens is 332 g/mol. The van der Waals surface area contributed by atoms with Crippen molar-refractivity contribution in [3.63, 3.8) is 0 Å². The van der Waals surface area contributed by atoms with Crippen LogP contribution in [0.5, 0.6) is 0 Å². The number of carbonyl (C=O) groups is 2. The first-order valence-electron chi connectivity index (χ1n) is 7.70. The molecule has 0 bridgehead atoms. The van der Waals surface area contributed by atoms with E-state index < -0.39 is 0 Å². The maximum absolute atomic E-state index is 12.3. The van der Waals surface area contributed by atoms with Crippen LogP contribution >= 0.6 is 11.3 Å². The van der Waals surface area contributed by atoms with Crippen molar-refractivity contribution in [2.24, 2.45) is 0 Å². The van der Waals surface area contributed by atoms with Crippen LogP contribution in [0.2, 0.25) is 0 Å². The fourth-order valence-corrected chi connectivity index (χ4v) is 2.81. The largest absolute Gasteiger partial charge is 0.322 e. The van der Waals surface area contributed by atoms with E-state index in [-0.39, 0.29) is 11.8 Å². The Bertz CT molecular complexity index is 887. The van der Waals surface area contributed by atoms with Crippen molar-refractivity contribution in [1.82, 2.24) is 0 Å². The summed E-state index contributed by atoms with van der Waals surface area (Å²) in [6, 6.07) is 19.9. The molecule has 4 nitrogen and oxygen atoms in total. The second-order valence-corrected chi connectivity index (χ2v) is 6.22. The van der Waals surface area contributed by atoms with Crippen LogP contribution in [-0.2, 0) is 4.79 Å². The van der Waals surface area contributed by atoms with Crippen LogP contribution in [0.15, 0.2) is 78.2 Å². The molecule has 0 saturated carbocycles. The van der Waals surface area contributed by atoms with E-state index in [4.69, 9.17) is 0 Å². The van der Waals surface area contributed by atoms with Crippen molar-refractivity contribution in [1.29, 1.82) is 0 Å². The van der Waals surface area contributed by atoms with Gasteiger partial charge in [-0.15, -0.1) is 11.3 Å². The van der Waals surface area contributed by atoms with Gasteiger partial charge in [0, 0.05) is 27.9 Å². The molecule has 1 aromatic heterocycles. The summed E-state index contributed by atoms with van der Waals surface area (Å²) in [5.74, 6) is -0.467. The van der Waals surface area contributed by atoms with Crippen LogP contribution in [0.3, 0.4) is 0 Å². The molecule has 0 radical (unpaired) electrons. The van der Waals surface area contributed by atoms with Gasteiger partial charge in [-0.3, -0.25) is 9.59 Å². The average Bonchev–Trinajstić information content (AvgIpc) is 3.15. The van der Waals surface area contributed by atoms with Crippen molar-refractivity contribution in [2.45, 2.75) is 0 Å². The molecule has 0 spiro atoms. The van der Waals surface area contributed by atoms with Crippen LogP contribution in [0.25, 0.3) is 6.08 Å². The van der Waals surface area contributed by atoms with Crippen LogP contribution < -0.4 is 10.6 Å². The molecule has 0 aliphatic carbocycles. The standard InChI is InChI=1S/C20H16N2O2S/c23-19(12-11-18-10-5-13-25-18)21-17-9-4-6-15(14-17)20(24)22-16-7-2-1-3-8-16/h1-14H,(H,21,23)(H,22,24)/b12-11+. The number of rotatable bonds is 5. The van der Waals surface area contributed by atoms with E-state index >= 15 is 0 Å². The SMILES string of the molecule is O=C(/C=C/c1cccs1)Nc1cccc(C(=O)Nc2ccccc2)c1. The molecule has 124 valence electrons. The van der Waals surface area contributed by atoms with Crippen molar-refractivity contribution in [2.75, 3.05) is 10.6 Å². The number of hydrogen-bond acceptors (Lipinski definition) is 3. The van der Waals surface area contributed by atoms with Gasteiger partial charge in [-0.1, -0.05) is 30.3 Å². The minimum absolute atomic E-state index is 0.226. The van der Waals surface area contributed by atoms with Crippen LogP contribution in [0, 0.1) is 0 Å². The molecule has 2 amide bonds. The summed E-state index contributed by atoms with van der Waals surface area (Å²) in [6.45, 7) is 0. The predicted octanol–water partition coefficient (Wildman–Crippen LogP) is 4.65. The van der Waals surface area contributed by atoms with Gasteiger partial charge in [0.2, 0.25) is 5.91 Å². The van der Waals surface area contributed by atoms with Gasteiger partial charge in [0.25, 0.3) is 5.91 Å². The Morgan fingerprint density at radius 3 is 2.40 bits per heavy atom. The lowest BCUT2D eigenvalue weighted by molar-refractivity contribution is -0.111. The van der Waals surface area contributed by atoms with Crippen molar-refractivity contribution >= 4 is 40.6 Å². The van der Waals surface area contributed by atoms with Gasteiger partial charge in [0.15, 0.2) is 0 Å². The first-order chi connectivity index (χ1) is 12.2. The summed E-state index contributed by atoms with van der Waals surface area (Å²) in [6.07, 6.45) is 3.23. The lowest BCUT2D eigenvalue weighted by atomic mass is 10.2. The Kier molecular flexibility index (Phi) is 5.39. The predicted molar refractivity (Wildman–Crippen MR) is 103 cm³/mol. The fourth-order valence-electron chi connectivity index (χ4n) is 2.19. The van der Waals surface area contributed by atoms with Gasteiger partial charge in [-0.25, -0.2) is 0 Å². The quantitative estimate of drug-likeness (QED) is 0.659. The van der Waals surface area contributed by atoms with E-state index in [0.717, 1.165) is 10.6 Å². The lowest BCUT2D eigenvalue weighted by Gasteiger charge is -2.07. The molecule has 3 rings (SSSR count). The van der Waals surface area contributed by atoms with E-state index in [1.807, 2.05) is 47.8 Å². The van der Waals surface area contributed by atoms with Crippen LogP contribution in [-0.4, -0.2) is 11.8 Å². The molecule has 0 atom stereocenters. The van der Waals surface area contributed by atoms with E-state index in [1.54, 1.807) is 41.7 Å². The summed E-state index contributed by atoms with van der Waals surface area (Å²) >= 11 is 1.56. The Hall–Kier alpha value is -3.18. The van der Waals surface area contributed by atoms with Gasteiger partial charge in [-0.05, 0) is 47.9 Å². The van der Waals surface area contributed by atoms with E-state index in [0.29, 0.717) is 11.3 Å². The molecule has 5 heteroatoms. The van der Waals surface area contributed by atoms with Gasteiger partial charge in [-0.2, -0.15) is 0 Å². The Labute approximate surface area is 149 Å². The zero-order valence-corrected chi connectivity index (χ0v) is 14.1. The fraction of sp³-hybridized carbons (Fsp3) is 0. The van der Waals surface area contributed by atoms with Gasteiger partial charge >= 0.3 is 0 Å². The third-order valence-electron chi connectivity index (χ3n) is 3.37. The monoisotopic (exact) mass is 348 g/mol. The number of para-hydroxylation sites is 1. The molecule has 25 heavy (non-hydrogen) atoms. The van der Waals surface area contributed by atoms with E-state index in [1.165, 1.54) is 6.08 Å². The molecular formula is C20H16N2O2S. The summed E-state index contributed by atoms with van der Waals surface area (Å²) in [5, 5.41) is 7.53. The highest BCUT2D eigenvalue weighted by atomic mass is 32.1. The number of anilines is 2. The zero-order chi connectivity index (χ0) is 17.5. The van der Waals surface area contributed by atoms with E-state index in [2.05, 4.69) is 10.6 Å². The highest BCUT2D eigenvalue weighted by Gasteiger charge is 2.07. The molecule has 2 aromatic carbocycles. The van der Waals surface area contributed by atoms with Crippen molar-refractivity contribution in [3.05, 3.63) is 88.6 Å². The minimum atomic E-state index is -0.242. The molecule has 0 aliphatic rings. The third-order valence-corrected chi connectivity index (χ3v) is 4.20. The summed E-state index contributed by atoms with van der Waals surface area (Å²) in [4.78, 5) is 25.3. The first kappa shape index (κ1) is 16.7. The summed E-state index contributed by atoms with van der Waals surface area (Å²) < 4.78 is 0. The van der Waals surface area contributed by atoms with Crippen molar-refractivity contribution in [3.8, 4) is 0 Å². The number of thiophene rings is 1. The molecule has 1 heterocycles. The van der Waals surface area contributed by atoms with Crippen LogP contribution in [0.1, 0.15) is 15.2 Å². The molecule has 0 saturated heterocycles. The lowest BCUT2D eigenvalue weighted by Crippen LogP contribution is -2.13. The Morgan fingerprint density at radius 1 is 0.840 bits per heavy atom. The second kappa shape index (κ2) is 8.08. The van der Waals surface area contributed by atoms with Gasteiger partial charge < -0.3 is 10.6 Å². The molecule has 0 aliphatic heterocycles. The normalized spacial score (nSPS) is 10.6.